The van der Waals surface area contributed by atoms with Gasteiger partial charge in [-0.05, 0) is 46.5 Å². The van der Waals surface area contributed by atoms with E-state index in [1.165, 1.54) is 6.07 Å². The first-order chi connectivity index (χ1) is 8.49. The van der Waals surface area contributed by atoms with Crippen LogP contribution in [-0.2, 0) is 11.2 Å². The van der Waals surface area contributed by atoms with Gasteiger partial charge in [0.1, 0.15) is 12.4 Å². The van der Waals surface area contributed by atoms with Crippen molar-refractivity contribution in [2.24, 2.45) is 5.73 Å². The number of benzene rings is 1. The minimum Gasteiger partial charge on any atom is -0.375 e. The van der Waals surface area contributed by atoms with Gasteiger partial charge in [-0.25, -0.2) is 13.2 Å². The third-order valence-electron chi connectivity index (χ3n) is 2.36. The van der Waals surface area contributed by atoms with E-state index in [1.54, 1.807) is 12.1 Å². The molecule has 18 heavy (non-hydrogen) atoms. The molecule has 0 aromatic heterocycles. The van der Waals surface area contributed by atoms with Gasteiger partial charge in [0, 0.05) is 12.6 Å². The van der Waals surface area contributed by atoms with Crippen LogP contribution in [0.3, 0.4) is 0 Å². The summed E-state index contributed by atoms with van der Waals surface area (Å²) >= 11 is 3.09. The summed E-state index contributed by atoms with van der Waals surface area (Å²) in [7, 11) is 0. The number of nitrogens with two attached hydrogens (primary N) is 1. The van der Waals surface area contributed by atoms with Crippen molar-refractivity contribution < 1.29 is 17.9 Å². The van der Waals surface area contributed by atoms with Crippen molar-refractivity contribution in [2.75, 3.05) is 13.2 Å². The van der Waals surface area contributed by atoms with Gasteiger partial charge in [0.05, 0.1) is 4.47 Å². The molecule has 0 radical (unpaired) electrons. The first-order valence-corrected chi connectivity index (χ1v) is 6.33. The van der Waals surface area contributed by atoms with Gasteiger partial charge in [-0.15, -0.1) is 0 Å². The second kappa shape index (κ2) is 7.76. The van der Waals surface area contributed by atoms with Crippen LogP contribution < -0.4 is 5.73 Å². The molecule has 0 aliphatic carbocycles. The second-order valence-corrected chi connectivity index (χ2v) is 4.82. The van der Waals surface area contributed by atoms with E-state index in [1.807, 2.05) is 0 Å². The van der Waals surface area contributed by atoms with Crippen LogP contribution in [0.5, 0.6) is 0 Å². The molecule has 0 fully saturated rings. The Labute approximate surface area is 112 Å². The molecule has 2 N–H and O–H groups in total. The average molecular weight is 326 g/mol. The fraction of sp³-hybridized carbons (Fsp3) is 0.500. The first-order valence-electron chi connectivity index (χ1n) is 5.54. The topological polar surface area (TPSA) is 35.2 Å². The summed E-state index contributed by atoms with van der Waals surface area (Å²) in [5, 5.41) is 0. The van der Waals surface area contributed by atoms with Crippen molar-refractivity contribution in [3.8, 4) is 0 Å². The summed E-state index contributed by atoms with van der Waals surface area (Å²) < 4.78 is 41.7. The Morgan fingerprint density at radius 2 is 2.06 bits per heavy atom. The lowest BCUT2D eigenvalue weighted by Gasteiger charge is -2.12. The molecule has 102 valence electrons. The molecule has 0 saturated carbocycles. The maximum absolute atomic E-state index is 13.0. The van der Waals surface area contributed by atoms with Crippen molar-refractivity contribution >= 4 is 15.9 Å². The highest BCUT2D eigenvalue weighted by Crippen LogP contribution is 2.17. The molecule has 2 nitrogen and oxygen atoms in total. The van der Waals surface area contributed by atoms with Crippen LogP contribution in [-0.4, -0.2) is 25.7 Å². The van der Waals surface area contributed by atoms with Crippen LogP contribution in [0.25, 0.3) is 0 Å². The Bertz CT molecular complexity index is 376. The Morgan fingerprint density at radius 3 is 2.67 bits per heavy atom. The van der Waals surface area contributed by atoms with Crippen molar-refractivity contribution in [3.05, 3.63) is 34.1 Å². The lowest BCUT2D eigenvalue weighted by atomic mass is 10.0. The number of hydrogen-bond acceptors (Lipinski definition) is 2. The van der Waals surface area contributed by atoms with Crippen molar-refractivity contribution in [3.63, 3.8) is 0 Å². The number of rotatable bonds is 7. The van der Waals surface area contributed by atoms with Crippen LogP contribution >= 0.6 is 15.9 Å². The summed E-state index contributed by atoms with van der Waals surface area (Å²) in [4.78, 5) is 0. The van der Waals surface area contributed by atoms with E-state index in [-0.39, 0.29) is 18.5 Å². The largest absolute Gasteiger partial charge is 0.375 e. The summed E-state index contributed by atoms with van der Waals surface area (Å²) in [6, 6.07) is 4.48. The second-order valence-electron chi connectivity index (χ2n) is 3.97. The molecule has 0 spiro atoms. The quantitative estimate of drug-likeness (QED) is 0.782. The van der Waals surface area contributed by atoms with Crippen LogP contribution in [0, 0.1) is 5.82 Å². The Hall–Kier alpha value is -0.590. The molecule has 0 saturated heterocycles. The number of hydrogen-bond donors (Lipinski definition) is 1. The lowest BCUT2D eigenvalue weighted by Crippen LogP contribution is -2.25. The van der Waals surface area contributed by atoms with Gasteiger partial charge in [0.25, 0.3) is 6.43 Å². The van der Waals surface area contributed by atoms with E-state index in [4.69, 9.17) is 10.5 Å². The van der Waals surface area contributed by atoms with Gasteiger partial charge in [-0.2, -0.15) is 0 Å². The average Bonchev–Trinajstić information content (AvgIpc) is 2.29. The highest BCUT2D eigenvalue weighted by molar-refractivity contribution is 9.10. The van der Waals surface area contributed by atoms with E-state index >= 15 is 0 Å². The lowest BCUT2D eigenvalue weighted by molar-refractivity contribution is 0.0153. The summed E-state index contributed by atoms with van der Waals surface area (Å²) in [6.45, 7) is -0.358. The van der Waals surface area contributed by atoms with E-state index in [2.05, 4.69) is 15.9 Å². The number of alkyl halides is 2. The van der Waals surface area contributed by atoms with Crippen molar-refractivity contribution in [2.45, 2.75) is 25.3 Å². The molecular formula is C12H15BrF3NO. The maximum Gasteiger partial charge on any atom is 0.261 e. The maximum atomic E-state index is 13.0. The van der Waals surface area contributed by atoms with Gasteiger partial charge < -0.3 is 10.5 Å². The van der Waals surface area contributed by atoms with Crippen molar-refractivity contribution in [1.82, 2.24) is 0 Å². The third kappa shape index (κ3) is 5.84. The van der Waals surface area contributed by atoms with Crippen LogP contribution in [0.2, 0.25) is 0 Å². The van der Waals surface area contributed by atoms with Gasteiger partial charge in [-0.3, -0.25) is 0 Å². The van der Waals surface area contributed by atoms with Gasteiger partial charge in [-0.1, -0.05) is 6.07 Å². The Kier molecular flexibility index (Phi) is 6.67. The predicted molar refractivity (Wildman–Crippen MR) is 67.2 cm³/mol. The zero-order valence-corrected chi connectivity index (χ0v) is 11.3. The molecule has 6 heteroatoms. The molecule has 1 atom stereocenters. The zero-order chi connectivity index (χ0) is 13.5. The third-order valence-corrected chi connectivity index (χ3v) is 2.97. The van der Waals surface area contributed by atoms with Crippen LogP contribution in [0.15, 0.2) is 22.7 Å². The molecule has 0 heterocycles. The Morgan fingerprint density at radius 1 is 1.33 bits per heavy atom. The van der Waals surface area contributed by atoms with E-state index in [0.29, 0.717) is 17.3 Å². The van der Waals surface area contributed by atoms with Gasteiger partial charge in [0.2, 0.25) is 0 Å². The standard InChI is InChI=1S/C12H15BrF3NO/c13-10-6-8(1-2-11(10)14)5-9(17)3-4-18-7-12(15)16/h1-2,6,9,12H,3-5,7,17H2. The van der Waals surface area contributed by atoms with Crippen LogP contribution in [0.1, 0.15) is 12.0 Å². The highest BCUT2D eigenvalue weighted by atomic mass is 79.9. The van der Waals surface area contributed by atoms with E-state index < -0.39 is 13.0 Å². The number of ether oxygens (including phenoxy) is 1. The van der Waals surface area contributed by atoms with E-state index in [9.17, 15) is 13.2 Å². The van der Waals surface area contributed by atoms with Crippen molar-refractivity contribution in [1.29, 1.82) is 0 Å². The molecule has 0 aliphatic rings. The minimum atomic E-state index is -2.45. The summed E-state index contributed by atoms with van der Waals surface area (Å²) in [6.07, 6.45) is -1.41. The first kappa shape index (κ1) is 15.5. The molecule has 1 aromatic rings. The molecule has 1 unspecified atom stereocenters. The zero-order valence-electron chi connectivity index (χ0n) is 9.71. The number of halogens is 4. The summed E-state index contributed by atoms with van der Waals surface area (Å²) in [5.74, 6) is -0.326. The van der Waals surface area contributed by atoms with Gasteiger partial charge in [0.15, 0.2) is 0 Å². The SMILES string of the molecule is NC(CCOCC(F)F)Cc1ccc(F)c(Br)c1. The molecular weight excluding hydrogens is 311 g/mol. The normalized spacial score (nSPS) is 13.0. The molecule has 0 aliphatic heterocycles. The molecule has 0 bridgehead atoms. The predicted octanol–water partition coefficient (Wildman–Crippen LogP) is 3.13. The monoisotopic (exact) mass is 325 g/mol. The van der Waals surface area contributed by atoms with E-state index in [0.717, 1.165) is 5.56 Å². The van der Waals surface area contributed by atoms with Gasteiger partial charge >= 0.3 is 0 Å². The smallest absolute Gasteiger partial charge is 0.261 e. The Balaban J connectivity index is 2.31. The highest BCUT2D eigenvalue weighted by Gasteiger charge is 2.08. The summed E-state index contributed by atoms with van der Waals surface area (Å²) in [5.41, 5.74) is 6.73. The fourth-order valence-electron chi connectivity index (χ4n) is 1.48. The van der Waals surface area contributed by atoms with Crippen LogP contribution in [0.4, 0.5) is 13.2 Å². The molecule has 1 aromatic carbocycles. The molecule has 1 rings (SSSR count). The fourth-order valence-corrected chi connectivity index (χ4v) is 1.90. The molecule has 0 amide bonds. The minimum absolute atomic E-state index is 0.194.